The highest BCUT2D eigenvalue weighted by Gasteiger charge is 2.23. The van der Waals surface area contributed by atoms with Gasteiger partial charge in [0.05, 0.1) is 30.2 Å². The number of hydrogen-bond acceptors (Lipinski definition) is 5. The van der Waals surface area contributed by atoms with Crippen molar-refractivity contribution < 1.29 is 22.3 Å². The van der Waals surface area contributed by atoms with Gasteiger partial charge in [0.15, 0.2) is 11.5 Å². The lowest BCUT2D eigenvalue weighted by Crippen LogP contribution is -2.12. The van der Waals surface area contributed by atoms with Crippen LogP contribution in [-0.4, -0.2) is 26.6 Å². The van der Waals surface area contributed by atoms with Crippen molar-refractivity contribution in [2.45, 2.75) is 4.90 Å². The molecule has 0 bridgehead atoms. The van der Waals surface area contributed by atoms with E-state index in [1.807, 2.05) is 0 Å². The molecule has 0 aliphatic carbocycles. The van der Waals surface area contributed by atoms with Gasteiger partial charge in [0.25, 0.3) is 10.0 Å². The van der Waals surface area contributed by atoms with Gasteiger partial charge in [-0.1, -0.05) is 24.3 Å². The number of fused-ring (bicyclic) bond motifs is 1. The van der Waals surface area contributed by atoms with Crippen molar-refractivity contribution in [1.82, 2.24) is 3.97 Å². The Morgan fingerprint density at radius 2 is 1.74 bits per heavy atom. The van der Waals surface area contributed by atoms with Gasteiger partial charge in [-0.3, -0.25) is 0 Å². The molecule has 3 aromatic carbocycles. The Hall–Kier alpha value is -3.83. The number of nitrogens with zero attached hydrogens (tertiary/aromatic N) is 2. The van der Waals surface area contributed by atoms with Crippen LogP contribution in [0.5, 0.6) is 11.5 Å². The summed E-state index contributed by atoms with van der Waals surface area (Å²) in [7, 11) is -1.10. The molecule has 0 aliphatic rings. The zero-order valence-corrected chi connectivity index (χ0v) is 17.5. The molecule has 0 saturated carbocycles. The molecule has 4 rings (SSSR count). The monoisotopic (exact) mass is 436 g/mol. The topological polar surface area (TPSA) is 81.3 Å². The average Bonchev–Trinajstić information content (AvgIpc) is 3.23. The summed E-state index contributed by atoms with van der Waals surface area (Å²) < 4.78 is 52.8. The van der Waals surface area contributed by atoms with Gasteiger partial charge in [0.1, 0.15) is 11.9 Å². The lowest BCUT2D eigenvalue weighted by atomic mass is 10.0. The first-order valence-electron chi connectivity index (χ1n) is 9.18. The van der Waals surface area contributed by atoms with Gasteiger partial charge >= 0.3 is 0 Å². The first-order valence-corrected chi connectivity index (χ1v) is 10.6. The van der Waals surface area contributed by atoms with E-state index >= 15 is 0 Å². The molecule has 0 fully saturated rings. The molecule has 31 heavy (non-hydrogen) atoms. The normalized spacial score (nSPS) is 11.3. The molecule has 0 radical (unpaired) electrons. The van der Waals surface area contributed by atoms with Crippen LogP contribution in [0.25, 0.3) is 22.0 Å². The third kappa shape index (κ3) is 3.39. The molecule has 0 aliphatic heterocycles. The summed E-state index contributed by atoms with van der Waals surface area (Å²) in [6.07, 6.45) is 1.46. The number of methoxy groups -OCH3 is 2. The minimum atomic E-state index is -4.00. The van der Waals surface area contributed by atoms with Gasteiger partial charge in [-0.2, -0.15) is 5.26 Å². The Morgan fingerprint density at radius 1 is 0.968 bits per heavy atom. The van der Waals surface area contributed by atoms with Crippen molar-refractivity contribution in [1.29, 1.82) is 5.26 Å². The summed E-state index contributed by atoms with van der Waals surface area (Å²) in [4.78, 5) is 0.0171. The zero-order valence-electron chi connectivity index (χ0n) is 16.7. The van der Waals surface area contributed by atoms with Crippen LogP contribution >= 0.6 is 0 Å². The number of benzene rings is 3. The Bertz CT molecular complexity index is 1450. The number of para-hydroxylation sites is 1. The van der Waals surface area contributed by atoms with Gasteiger partial charge in [0.2, 0.25) is 0 Å². The van der Waals surface area contributed by atoms with E-state index in [0.29, 0.717) is 27.8 Å². The number of nitriles is 1. The number of rotatable bonds is 5. The lowest BCUT2D eigenvalue weighted by Gasteiger charge is -2.13. The van der Waals surface area contributed by atoms with E-state index in [1.165, 1.54) is 50.7 Å². The fourth-order valence-electron chi connectivity index (χ4n) is 3.46. The second-order valence-corrected chi connectivity index (χ2v) is 8.50. The largest absolute Gasteiger partial charge is 0.493 e. The first kappa shape index (κ1) is 20.4. The van der Waals surface area contributed by atoms with Crippen LogP contribution in [0.1, 0.15) is 5.56 Å². The van der Waals surface area contributed by atoms with Gasteiger partial charge in [-0.25, -0.2) is 16.8 Å². The Morgan fingerprint density at radius 3 is 2.42 bits per heavy atom. The van der Waals surface area contributed by atoms with Crippen molar-refractivity contribution in [3.05, 3.63) is 78.2 Å². The van der Waals surface area contributed by atoms with Gasteiger partial charge in [0, 0.05) is 23.2 Å². The van der Waals surface area contributed by atoms with Crippen molar-refractivity contribution in [3.63, 3.8) is 0 Å². The standard InChI is InChI=1S/C23H17FN2O4S/c1-29-21-9-8-18(13-22(21)30-2)31(27,28)26-11-10-15-4-3-5-19(23(15)26)16-6-7-17(14-25)20(24)12-16/h3-13H,1-2H3. The summed E-state index contributed by atoms with van der Waals surface area (Å²) in [5.41, 5.74) is 1.31. The van der Waals surface area contributed by atoms with Gasteiger partial charge in [-0.15, -0.1) is 0 Å². The molecule has 1 aromatic heterocycles. The molecule has 6 nitrogen and oxygen atoms in total. The molecular formula is C23H17FN2O4S. The van der Waals surface area contributed by atoms with E-state index in [-0.39, 0.29) is 16.2 Å². The average molecular weight is 436 g/mol. The predicted molar refractivity (Wildman–Crippen MR) is 114 cm³/mol. The predicted octanol–water partition coefficient (Wildman–Crippen LogP) is 4.57. The van der Waals surface area contributed by atoms with Crippen LogP contribution in [0.3, 0.4) is 0 Å². The smallest absolute Gasteiger partial charge is 0.268 e. The maximum atomic E-state index is 14.2. The zero-order chi connectivity index (χ0) is 22.2. The molecule has 8 heteroatoms. The molecule has 1 heterocycles. The maximum Gasteiger partial charge on any atom is 0.268 e. The Labute approximate surface area is 178 Å². The summed E-state index contributed by atoms with van der Waals surface area (Å²) in [6, 6.07) is 17.3. The molecular weight excluding hydrogens is 419 g/mol. The quantitative estimate of drug-likeness (QED) is 0.458. The number of hydrogen-bond donors (Lipinski definition) is 0. The SMILES string of the molecule is COc1ccc(S(=O)(=O)n2ccc3cccc(-c4ccc(C#N)c(F)c4)c32)cc1OC. The molecule has 0 atom stereocenters. The van der Waals surface area contributed by atoms with E-state index in [1.54, 1.807) is 36.4 Å². The molecule has 0 unspecified atom stereocenters. The van der Waals surface area contributed by atoms with E-state index in [2.05, 4.69) is 0 Å². The minimum Gasteiger partial charge on any atom is -0.493 e. The molecule has 156 valence electrons. The highest BCUT2D eigenvalue weighted by Crippen LogP contribution is 2.35. The van der Waals surface area contributed by atoms with Crippen LogP contribution < -0.4 is 9.47 Å². The lowest BCUT2D eigenvalue weighted by molar-refractivity contribution is 0.354. The highest BCUT2D eigenvalue weighted by atomic mass is 32.2. The third-order valence-electron chi connectivity index (χ3n) is 4.99. The summed E-state index contributed by atoms with van der Waals surface area (Å²) in [6.45, 7) is 0. The Balaban J connectivity index is 1.94. The van der Waals surface area contributed by atoms with Crippen LogP contribution in [-0.2, 0) is 10.0 Å². The first-order chi connectivity index (χ1) is 14.9. The van der Waals surface area contributed by atoms with Crippen LogP contribution in [0, 0.1) is 17.1 Å². The molecule has 4 aromatic rings. The van der Waals surface area contributed by atoms with E-state index < -0.39 is 15.8 Å². The summed E-state index contributed by atoms with van der Waals surface area (Å²) in [5, 5.41) is 9.66. The molecule has 0 spiro atoms. The highest BCUT2D eigenvalue weighted by molar-refractivity contribution is 7.90. The molecule has 0 N–H and O–H groups in total. The van der Waals surface area contributed by atoms with Crippen LogP contribution in [0.4, 0.5) is 4.39 Å². The van der Waals surface area contributed by atoms with Crippen molar-refractivity contribution in [2.24, 2.45) is 0 Å². The fraction of sp³-hybridized carbons (Fsp3) is 0.0870. The van der Waals surface area contributed by atoms with Crippen molar-refractivity contribution in [2.75, 3.05) is 14.2 Å². The van der Waals surface area contributed by atoms with Crippen molar-refractivity contribution >= 4 is 20.9 Å². The van der Waals surface area contributed by atoms with Gasteiger partial charge < -0.3 is 9.47 Å². The second kappa shape index (κ2) is 7.78. The van der Waals surface area contributed by atoms with Crippen LogP contribution in [0.2, 0.25) is 0 Å². The Kier molecular flexibility index (Phi) is 5.13. The fourth-order valence-corrected chi connectivity index (χ4v) is 4.85. The number of aromatic nitrogens is 1. The third-order valence-corrected chi connectivity index (χ3v) is 6.66. The molecule has 0 saturated heterocycles. The molecule has 0 amide bonds. The number of halogens is 1. The van der Waals surface area contributed by atoms with E-state index in [9.17, 15) is 12.8 Å². The summed E-state index contributed by atoms with van der Waals surface area (Å²) >= 11 is 0. The minimum absolute atomic E-state index is 0.0171. The second-order valence-electron chi connectivity index (χ2n) is 6.68. The maximum absolute atomic E-state index is 14.2. The van der Waals surface area contributed by atoms with E-state index in [4.69, 9.17) is 14.7 Å². The van der Waals surface area contributed by atoms with E-state index in [0.717, 1.165) is 3.97 Å². The summed E-state index contributed by atoms with van der Waals surface area (Å²) in [5.74, 6) is 0.0276. The van der Waals surface area contributed by atoms with Gasteiger partial charge in [-0.05, 0) is 35.9 Å². The number of ether oxygens (including phenoxy) is 2. The van der Waals surface area contributed by atoms with Crippen LogP contribution in [0.15, 0.2) is 71.8 Å². The van der Waals surface area contributed by atoms with Crippen molar-refractivity contribution in [3.8, 4) is 28.7 Å².